The fourth-order valence-electron chi connectivity index (χ4n) is 0.0278. The molecule has 4 radical (unpaired) electrons. The molecule has 27 heteroatoms. The fourth-order valence-corrected chi connectivity index (χ4v) is 0.250. The Morgan fingerprint density at radius 3 is 0.464 bits per heavy atom. The van der Waals surface area contributed by atoms with Gasteiger partial charge in [0, 0.05) is 0 Å². The summed E-state index contributed by atoms with van der Waals surface area (Å²) in [4.78, 5) is 9.69. The van der Waals surface area contributed by atoms with Crippen LogP contribution in [0, 0.1) is 0 Å². The second-order valence-electron chi connectivity index (χ2n) is 0.486. The Morgan fingerprint density at radius 1 is 0.393 bits per heavy atom. The Labute approximate surface area is 273 Å². The van der Waals surface area contributed by atoms with Gasteiger partial charge < -0.3 is 95.2 Å². The minimum absolute atomic E-state index is 0. The minimum atomic E-state index is -0.731. The average Bonchev–Trinajstić information content (AvgIpc) is 1.65. The number of rotatable bonds is 0. The molecule has 0 bridgehead atoms. The largest absolute Gasteiger partial charge is 2.00 e. The van der Waals surface area contributed by atoms with Crippen LogP contribution in [0.15, 0.2) is 0 Å². The first-order chi connectivity index (χ1) is 2.81. The zero-order chi connectivity index (χ0) is 4.99. The van der Waals surface area contributed by atoms with Crippen molar-refractivity contribution < 1.29 is 100.0 Å². The van der Waals surface area contributed by atoms with Crippen LogP contribution in [0.4, 0.5) is 4.79 Å². The van der Waals surface area contributed by atoms with E-state index in [1.807, 2.05) is 0 Å². The molecule has 0 aliphatic carbocycles. The van der Waals surface area contributed by atoms with E-state index in [2.05, 4.69) is 7.58 Å². The monoisotopic (exact) mass is 534 g/mol. The Morgan fingerprint density at radius 2 is 0.464 bits per heavy atom. The summed E-state index contributed by atoms with van der Waals surface area (Å²) in [6.07, 6.45) is -0.731. The summed E-state index contributed by atoms with van der Waals surface area (Å²) in [7, 11) is 0. The van der Waals surface area contributed by atoms with Gasteiger partial charge in [0.05, 0.1) is 0 Å². The zero-order valence-corrected chi connectivity index (χ0v) is 25.3. The molecule has 0 aliphatic rings. The van der Waals surface area contributed by atoms with E-state index < -0.39 is 6.16 Å². The molecule has 20 N–H and O–H groups in total. The van der Waals surface area contributed by atoms with Crippen molar-refractivity contribution in [3.05, 3.63) is 0 Å². The summed E-state index contributed by atoms with van der Waals surface area (Å²) in [5, 5.41) is 0. The number of hydrogen-bond donors (Lipinski definition) is 0. The van der Waals surface area contributed by atoms with Crippen LogP contribution in [0.25, 0.3) is 0 Å². The second-order valence-corrected chi connectivity index (χ2v) is 0.957. The van der Waals surface area contributed by atoms with Crippen LogP contribution in [-0.4, -0.2) is 265 Å². The van der Waals surface area contributed by atoms with Gasteiger partial charge >= 0.3 is 178 Å². The number of carbonyl (C=O) groups is 1. The SMILES string of the molecule is O.O.O.O.O=C([O][Al])[O][Al].[Mg+2].[Mg+2].[Mg+2].[Mg+2].[Mg+2].[Mg+2].[OH-].[OH-].[OH-].[OH-].[OH-].[OH-].[OH-].[OH-].[OH-].[OH-].[OH-].[OH-]. The standard InChI is InChI=1S/CH2O3.2Al.6Mg.16H2O/c2-1(3)4;;;;;;;;;;;;;;;;;;;;;;;;/h(H2,2,3,4);;;;;;;;;16*1H2/q;2*+1;6*+2;;;;;;;;;;;;;;;;/p-14. The molecule has 19 nitrogen and oxygen atoms in total. The maximum atomic E-state index is 9.69. The topological polar surface area (TPSA) is 522 Å². The van der Waals surface area contributed by atoms with Crippen molar-refractivity contribution in [2.45, 2.75) is 0 Å². The Hall–Kier alpha value is 4.29. The molecule has 0 atom stereocenters. The maximum Gasteiger partial charge on any atom is 2.00 e. The van der Waals surface area contributed by atoms with Crippen molar-refractivity contribution in [1.29, 1.82) is 0 Å². The third kappa shape index (κ3) is 378. The van der Waals surface area contributed by atoms with Crippen molar-refractivity contribution in [2.75, 3.05) is 0 Å². The predicted molar refractivity (Wildman–Crippen MR) is 91.3 cm³/mol. The van der Waals surface area contributed by atoms with E-state index in [9.17, 15) is 4.79 Å². The summed E-state index contributed by atoms with van der Waals surface area (Å²) in [5.74, 6) is 0. The molecule has 0 aliphatic heterocycles. The van der Waals surface area contributed by atoms with Gasteiger partial charge in [0.1, 0.15) is 0 Å². The molecular formula is CH20Al2Mg6O19. The van der Waals surface area contributed by atoms with E-state index in [0.717, 1.165) is 0 Å². The van der Waals surface area contributed by atoms with Gasteiger partial charge in [-0.05, 0) is 0 Å². The Bertz CT molecular complexity index is 74.4. The Balaban J connectivity index is -0.000000000541. The number of carbonyl (C=O) groups excluding carboxylic acids is 1. The number of hydrogen-bond acceptors (Lipinski definition) is 15. The molecule has 28 heavy (non-hydrogen) atoms. The summed E-state index contributed by atoms with van der Waals surface area (Å²) >= 11 is 3.50. The molecule has 0 rings (SSSR count). The summed E-state index contributed by atoms with van der Waals surface area (Å²) in [5.41, 5.74) is 0. The first kappa shape index (κ1) is 366. The van der Waals surface area contributed by atoms with E-state index >= 15 is 0 Å². The van der Waals surface area contributed by atoms with Crippen LogP contribution in [0.2, 0.25) is 0 Å². The molecule has 0 amide bonds. The van der Waals surface area contributed by atoms with E-state index in [-0.39, 0.29) is 226 Å². The van der Waals surface area contributed by atoms with Gasteiger partial charge in [-0.2, -0.15) is 0 Å². The van der Waals surface area contributed by atoms with E-state index in [1.165, 1.54) is 0 Å². The first-order valence-corrected chi connectivity index (χ1v) is 2.03. The molecule has 0 heterocycles. The van der Waals surface area contributed by atoms with Gasteiger partial charge in [-0.25, -0.2) is 4.79 Å². The van der Waals surface area contributed by atoms with Gasteiger partial charge in [-0.3, -0.25) is 0 Å². The van der Waals surface area contributed by atoms with Crippen LogP contribution < -0.4 is 0 Å². The molecular weight excluding hydrogens is 516 g/mol. The summed E-state index contributed by atoms with van der Waals surface area (Å²) in [6, 6.07) is 0. The predicted octanol–water partition coefficient (Wildman–Crippen LogP) is -8.40. The molecule has 0 unspecified atom stereocenters. The normalized spacial score (nSPS) is 1.43. The third-order valence-corrected chi connectivity index (χ3v) is 0.577. The molecule has 0 fully saturated rings. The maximum absolute atomic E-state index is 9.69. The van der Waals surface area contributed by atoms with Crippen molar-refractivity contribution >= 4 is 178 Å². The van der Waals surface area contributed by atoms with E-state index in [0.29, 0.717) is 0 Å². The van der Waals surface area contributed by atoms with Gasteiger partial charge in [-0.15, -0.1) is 0 Å². The quantitative estimate of drug-likeness (QED) is 0.259. The second kappa shape index (κ2) is 333. The third-order valence-electron chi connectivity index (χ3n) is 0.192. The van der Waals surface area contributed by atoms with Crippen LogP contribution in [0.1, 0.15) is 0 Å². The van der Waals surface area contributed by atoms with Gasteiger partial charge in [0.2, 0.25) is 0 Å². The first-order valence-electron chi connectivity index (χ1n) is 1.08. The van der Waals surface area contributed by atoms with Crippen molar-refractivity contribution in [1.82, 2.24) is 0 Å². The van der Waals surface area contributed by atoms with Crippen LogP contribution in [0.3, 0.4) is 0 Å². The van der Waals surface area contributed by atoms with Crippen LogP contribution >= 0.6 is 0 Å². The van der Waals surface area contributed by atoms with Gasteiger partial charge in [0.25, 0.3) is 0 Å². The molecule has 0 saturated heterocycles. The Kier molecular flexibility index (Phi) is 4350. The molecule has 0 aromatic rings. The van der Waals surface area contributed by atoms with Crippen LogP contribution in [0.5, 0.6) is 0 Å². The average molecular weight is 536 g/mol. The summed E-state index contributed by atoms with van der Waals surface area (Å²) < 4.78 is 7.87. The van der Waals surface area contributed by atoms with E-state index in [1.54, 1.807) is 33.2 Å². The minimum Gasteiger partial charge on any atom is -0.870 e. The smallest absolute Gasteiger partial charge is 0.870 e. The summed E-state index contributed by atoms with van der Waals surface area (Å²) in [6.45, 7) is 0. The van der Waals surface area contributed by atoms with E-state index in [4.69, 9.17) is 0 Å². The van der Waals surface area contributed by atoms with Gasteiger partial charge in [-0.1, -0.05) is 0 Å². The van der Waals surface area contributed by atoms with Gasteiger partial charge in [0.15, 0.2) is 0 Å². The molecule has 0 spiro atoms. The van der Waals surface area contributed by atoms with Crippen molar-refractivity contribution in [3.8, 4) is 0 Å². The molecule has 0 aromatic heterocycles. The van der Waals surface area contributed by atoms with Crippen molar-refractivity contribution in [2.24, 2.45) is 0 Å². The van der Waals surface area contributed by atoms with Crippen molar-refractivity contribution in [3.63, 3.8) is 0 Å². The molecule has 0 saturated carbocycles. The molecule has 156 valence electrons. The zero-order valence-electron chi connectivity index (χ0n) is 14.5. The molecule has 0 aromatic carbocycles. The fraction of sp³-hybridized carbons (Fsp3) is 0. The van der Waals surface area contributed by atoms with Crippen LogP contribution in [-0.2, 0) is 7.58 Å².